The molecule has 0 N–H and O–H groups in total. The fraction of sp³-hybridized carbons (Fsp3) is 0.455. The van der Waals surface area contributed by atoms with Crippen molar-refractivity contribution in [2.24, 2.45) is 28.7 Å². The van der Waals surface area contributed by atoms with Gasteiger partial charge in [0.15, 0.2) is 5.17 Å². The summed E-state index contributed by atoms with van der Waals surface area (Å²) < 4.78 is 0. The SMILES string of the molecule is O=C(CN1C(=O)[C@@H]2[C@H](C1=O)[C@@H]1C=C[C@H]2C1)N1CCSC1=NCCc1ccccc1. The van der Waals surface area contributed by atoms with Gasteiger partial charge in [-0.1, -0.05) is 54.2 Å². The predicted octanol–water partition coefficient (Wildman–Crippen LogP) is 1.97. The summed E-state index contributed by atoms with van der Waals surface area (Å²) in [6.45, 7) is 1.02. The van der Waals surface area contributed by atoms with Crippen LogP contribution in [0.2, 0.25) is 0 Å². The van der Waals surface area contributed by atoms with Crippen LogP contribution in [0.3, 0.4) is 0 Å². The molecule has 2 bridgehead atoms. The number of benzene rings is 1. The van der Waals surface area contributed by atoms with E-state index in [1.165, 1.54) is 10.5 Å². The maximum absolute atomic E-state index is 12.9. The van der Waals surface area contributed by atoms with Crippen molar-refractivity contribution < 1.29 is 14.4 Å². The molecule has 150 valence electrons. The van der Waals surface area contributed by atoms with Gasteiger partial charge in [-0.25, -0.2) is 0 Å². The number of imide groups is 1. The number of amidine groups is 1. The molecule has 2 heterocycles. The van der Waals surface area contributed by atoms with Gasteiger partial charge >= 0.3 is 0 Å². The highest BCUT2D eigenvalue weighted by Crippen LogP contribution is 2.52. The molecule has 29 heavy (non-hydrogen) atoms. The molecule has 2 aliphatic carbocycles. The number of hydrogen-bond donors (Lipinski definition) is 0. The van der Waals surface area contributed by atoms with E-state index in [0.29, 0.717) is 18.3 Å². The monoisotopic (exact) mass is 409 g/mol. The summed E-state index contributed by atoms with van der Waals surface area (Å²) in [6.07, 6.45) is 5.85. The molecule has 7 heteroatoms. The fourth-order valence-corrected chi connectivity index (χ4v) is 6.02. The smallest absolute Gasteiger partial charge is 0.248 e. The zero-order valence-corrected chi connectivity index (χ0v) is 16.9. The molecule has 3 fully saturated rings. The number of likely N-dealkylation sites (tertiary alicyclic amines) is 1. The number of carbonyl (C=O) groups excluding carboxylic acids is 3. The molecule has 1 aromatic carbocycles. The van der Waals surface area contributed by atoms with Gasteiger partial charge in [-0.2, -0.15) is 0 Å². The largest absolute Gasteiger partial charge is 0.289 e. The van der Waals surface area contributed by atoms with E-state index in [4.69, 9.17) is 0 Å². The molecule has 3 amide bonds. The van der Waals surface area contributed by atoms with Crippen molar-refractivity contribution in [2.75, 3.05) is 25.4 Å². The first-order chi connectivity index (χ1) is 14.1. The molecule has 0 radical (unpaired) electrons. The third-order valence-electron chi connectivity index (χ3n) is 6.42. The number of aliphatic imine (C=N–C) groups is 1. The number of amides is 3. The summed E-state index contributed by atoms with van der Waals surface area (Å²) in [5.74, 6) is 0.0686. The predicted molar refractivity (Wildman–Crippen MR) is 111 cm³/mol. The Kier molecular flexibility index (Phi) is 4.78. The number of hydrogen-bond acceptors (Lipinski definition) is 5. The van der Waals surface area contributed by atoms with Gasteiger partial charge in [0.1, 0.15) is 6.54 Å². The average molecular weight is 410 g/mol. The van der Waals surface area contributed by atoms with E-state index >= 15 is 0 Å². The number of nitrogens with zero attached hydrogens (tertiary/aromatic N) is 3. The summed E-state index contributed by atoms with van der Waals surface area (Å²) in [4.78, 5) is 46.0. The molecule has 4 atom stereocenters. The van der Waals surface area contributed by atoms with E-state index in [2.05, 4.69) is 29.3 Å². The first kappa shape index (κ1) is 18.6. The summed E-state index contributed by atoms with van der Waals surface area (Å²) in [5.41, 5.74) is 1.21. The summed E-state index contributed by atoms with van der Waals surface area (Å²) in [7, 11) is 0. The standard InChI is InChI=1S/C22H23N3O3S/c26-17(13-25-20(27)18-15-6-7-16(12-15)19(18)21(25)28)24-10-11-29-22(24)23-9-8-14-4-2-1-3-5-14/h1-7,15-16,18-19H,8-13H2/t15-,16+,18-,19+. The third-order valence-corrected chi connectivity index (χ3v) is 7.42. The molecule has 0 aromatic heterocycles. The Morgan fingerprint density at radius 1 is 1.07 bits per heavy atom. The van der Waals surface area contributed by atoms with E-state index in [1.54, 1.807) is 16.7 Å². The Bertz CT molecular complexity index is 883. The van der Waals surface area contributed by atoms with Crippen molar-refractivity contribution in [1.82, 2.24) is 9.80 Å². The second-order valence-corrected chi connectivity index (χ2v) is 9.12. The van der Waals surface area contributed by atoms with Gasteiger partial charge in [0, 0.05) is 18.8 Å². The lowest BCUT2D eigenvalue weighted by molar-refractivity contribution is -0.145. The number of fused-ring (bicyclic) bond motifs is 5. The second-order valence-electron chi connectivity index (χ2n) is 8.06. The molecule has 1 saturated carbocycles. The first-order valence-corrected chi connectivity index (χ1v) is 11.2. The highest BCUT2D eigenvalue weighted by atomic mass is 32.2. The average Bonchev–Trinajstić information content (AvgIpc) is 3.50. The molecule has 5 rings (SSSR count). The topological polar surface area (TPSA) is 70.1 Å². The van der Waals surface area contributed by atoms with Crippen molar-refractivity contribution >= 4 is 34.7 Å². The summed E-state index contributed by atoms with van der Waals surface area (Å²) >= 11 is 1.56. The minimum Gasteiger partial charge on any atom is -0.289 e. The van der Waals surface area contributed by atoms with Crippen molar-refractivity contribution in [3.05, 3.63) is 48.0 Å². The molecule has 1 aromatic rings. The zero-order chi connectivity index (χ0) is 20.0. The quantitative estimate of drug-likeness (QED) is 0.551. The molecular weight excluding hydrogens is 386 g/mol. The van der Waals surface area contributed by atoms with Crippen molar-refractivity contribution in [2.45, 2.75) is 12.8 Å². The Balaban J connectivity index is 1.23. The Labute approximate surface area is 174 Å². The second kappa shape index (κ2) is 7.44. The molecular formula is C22H23N3O3S. The van der Waals surface area contributed by atoms with Gasteiger partial charge in [-0.3, -0.25) is 29.2 Å². The van der Waals surface area contributed by atoms with Gasteiger partial charge in [0.2, 0.25) is 17.7 Å². The Hall–Kier alpha value is -2.41. The van der Waals surface area contributed by atoms with Gasteiger partial charge in [-0.05, 0) is 30.2 Å². The van der Waals surface area contributed by atoms with Crippen LogP contribution in [-0.4, -0.2) is 58.1 Å². The molecule has 2 saturated heterocycles. The van der Waals surface area contributed by atoms with E-state index in [1.807, 2.05) is 18.2 Å². The van der Waals surface area contributed by atoms with Crippen LogP contribution < -0.4 is 0 Å². The van der Waals surface area contributed by atoms with E-state index < -0.39 is 0 Å². The fourth-order valence-electron chi connectivity index (χ4n) is 5.03. The van der Waals surface area contributed by atoms with E-state index in [9.17, 15) is 14.4 Å². The lowest BCUT2D eigenvalue weighted by atomic mass is 9.85. The minimum absolute atomic E-state index is 0.164. The number of carbonyl (C=O) groups is 3. The number of thioether (sulfide) groups is 1. The molecule has 2 aliphatic heterocycles. The number of allylic oxidation sites excluding steroid dienone is 2. The molecule has 4 aliphatic rings. The van der Waals surface area contributed by atoms with Gasteiger partial charge in [-0.15, -0.1) is 0 Å². The summed E-state index contributed by atoms with van der Waals surface area (Å²) in [5, 5.41) is 0.701. The van der Waals surface area contributed by atoms with Gasteiger partial charge in [0.25, 0.3) is 0 Å². The van der Waals surface area contributed by atoms with Crippen LogP contribution in [0.4, 0.5) is 0 Å². The molecule has 0 unspecified atom stereocenters. The minimum atomic E-state index is -0.253. The summed E-state index contributed by atoms with van der Waals surface area (Å²) in [6, 6.07) is 10.1. The van der Waals surface area contributed by atoms with Crippen molar-refractivity contribution in [3.63, 3.8) is 0 Å². The number of rotatable bonds is 5. The first-order valence-electron chi connectivity index (χ1n) is 10.2. The van der Waals surface area contributed by atoms with Crippen LogP contribution in [0.1, 0.15) is 12.0 Å². The van der Waals surface area contributed by atoms with E-state index in [0.717, 1.165) is 18.6 Å². The van der Waals surface area contributed by atoms with Gasteiger partial charge in [0.05, 0.1) is 11.8 Å². The molecule has 0 spiro atoms. The lowest BCUT2D eigenvalue weighted by Crippen LogP contribution is -2.44. The van der Waals surface area contributed by atoms with Crippen molar-refractivity contribution in [3.8, 4) is 0 Å². The molecule has 6 nitrogen and oxygen atoms in total. The normalized spacial score (nSPS) is 31.4. The maximum atomic E-state index is 12.9. The van der Waals surface area contributed by atoms with E-state index in [-0.39, 0.29) is 47.9 Å². The van der Waals surface area contributed by atoms with Crippen LogP contribution in [0, 0.1) is 23.7 Å². The van der Waals surface area contributed by atoms with Crippen LogP contribution in [0.25, 0.3) is 0 Å². The van der Waals surface area contributed by atoms with Gasteiger partial charge < -0.3 is 0 Å². The zero-order valence-electron chi connectivity index (χ0n) is 16.1. The lowest BCUT2D eigenvalue weighted by Gasteiger charge is -2.21. The maximum Gasteiger partial charge on any atom is 0.248 e. The highest BCUT2D eigenvalue weighted by Gasteiger charge is 2.59. The Morgan fingerprint density at radius 2 is 1.76 bits per heavy atom. The Morgan fingerprint density at radius 3 is 2.45 bits per heavy atom. The van der Waals surface area contributed by atoms with Crippen LogP contribution in [0.15, 0.2) is 47.5 Å². The highest BCUT2D eigenvalue weighted by molar-refractivity contribution is 8.14. The van der Waals surface area contributed by atoms with Crippen LogP contribution in [-0.2, 0) is 20.8 Å². The van der Waals surface area contributed by atoms with Crippen LogP contribution >= 0.6 is 11.8 Å². The van der Waals surface area contributed by atoms with Crippen molar-refractivity contribution in [1.29, 1.82) is 0 Å². The third kappa shape index (κ3) is 3.21. The van der Waals surface area contributed by atoms with Crippen LogP contribution in [0.5, 0.6) is 0 Å².